The highest BCUT2D eigenvalue weighted by Crippen LogP contribution is 2.27. The van der Waals surface area contributed by atoms with E-state index >= 15 is 0 Å². The highest BCUT2D eigenvalue weighted by atomic mass is 35.7. The standard InChI is InChI=1S/C14H9ClN2O3S/c15-21(18,19)11-6-7-13(17-9-11)20-12-5-1-3-10-4-2-8-16-14(10)12/h1-9H. The fraction of sp³-hybridized carbons (Fsp3) is 0. The zero-order valence-corrected chi connectivity index (χ0v) is 12.2. The third-order valence-electron chi connectivity index (χ3n) is 2.80. The van der Waals surface area contributed by atoms with Gasteiger partial charge in [-0.1, -0.05) is 18.2 Å². The van der Waals surface area contributed by atoms with Gasteiger partial charge in [-0.3, -0.25) is 4.98 Å². The second-order valence-corrected chi connectivity index (χ2v) is 6.77. The summed E-state index contributed by atoms with van der Waals surface area (Å²) >= 11 is 0. The third-order valence-corrected chi connectivity index (χ3v) is 4.14. The number of nitrogens with zero attached hydrogens (tertiary/aromatic N) is 2. The maximum Gasteiger partial charge on any atom is 0.262 e. The predicted octanol–water partition coefficient (Wildman–Crippen LogP) is 3.35. The normalized spacial score (nSPS) is 11.5. The van der Waals surface area contributed by atoms with E-state index in [4.69, 9.17) is 15.4 Å². The Balaban J connectivity index is 1.96. The lowest BCUT2D eigenvalue weighted by Gasteiger charge is -2.07. The number of hydrogen-bond acceptors (Lipinski definition) is 5. The number of hydrogen-bond donors (Lipinski definition) is 0. The highest BCUT2D eigenvalue weighted by Gasteiger charge is 2.11. The summed E-state index contributed by atoms with van der Waals surface area (Å²) in [6, 6.07) is 12.1. The lowest BCUT2D eigenvalue weighted by Crippen LogP contribution is -1.94. The second kappa shape index (κ2) is 5.31. The molecule has 3 rings (SSSR count). The topological polar surface area (TPSA) is 69.2 Å². The van der Waals surface area contributed by atoms with Crippen LogP contribution < -0.4 is 4.74 Å². The summed E-state index contributed by atoms with van der Waals surface area (Å²) in [7, 11) is 1.45. The molecule has 0 N–H and O–H groups in total. The molecule has 5 nitrogen and oxygen atoms in total. The number of ether oxygens (including phenoxy) is 1. The first-order chi connectivity index (χ1) is 10.0. The largest absolute Gasteiger partial charge is 0.437 e. The molecule has 0 amide bonds. The van der Waals surface area contributed by atoms with Gasteiger partial charge in [0.1, 0.15) is 10.4 Å². The summed E-state index contributed by atoms with van der Waals surface area (Å²) in [5.74, 6) is 0.805. The molecule has 0 aliphatic heterocycles. The number of pyridine rings is 2. The Hall–Kier alpha value is -2.18. The van der Waals surface area contributed by atoms with Gasteiger partial charge in [0.05, 0.1) is 6.20 Å². The Morgan fingerprint density at radius 2 is 1.81 bits per heavy atom. The summed E-state index contributed by atoms with van der Waals surface area (Å²) in [4.78, 5) is 8.12. The van der Waals surface area contributed by atoms with Crippen LogP contribution in [-0.4, -0.2) is 18.4 Å². The molecule has 0 saturated heterocycles. The fourth-order valence-corrected chi connectivity index (χ4v) is 2.53. The van der Waals surface area contributed by atoms with Crippen LogP contribution in [0, 0.1) is 0 Å². The molecule has 21 heavy (non-hydrogen) atoms. The molecule has 3 aromatic rings. The number of para-hydroxylation sites is 1. The predicted molar refractivity (Wildman–Crippen MR) is 79.1 cm³/mol. The van der Waals surface area contributed by atoms with E-state index in [9.17, 15) is 8.42 Å². The lowest BCUT2D eigenvalue weighted by molar-refractivity contribution is 0.466. The minimum Gasteiger partial charge on any atom is -0.437 e. The summed E-state index contributed by atoms with van der Waals surface area (Å²) < 4.78 is 28.0. The van der Waals surface area contributed by atoms with Crippen LogP contribution in [0.5, 0.6) is 11.6 Å². The second-order valence-electron chi connectivity index (χ2n) is 4.20. The van der Waals surface area contributed by atoms with E-state index in [0.717, 1.165) is 11.6 Å². The van der Waals surface area contributed by atoms with Gasteiger partial charge in [0, 0.05) is 28.3 Å². The molecule has 0 radical (unpaired) electrons. The van der Waals surface area contributed by atoms with Crippen LogP contribution in [0.25, 0.3) is 10.9 Å². The molecule has 0 fully saturated rings. The number of aromatic nitrogens is 2. The van der Waals surface area contributed by atoms with E-state index in [1.54, 1.807) is 12.3 Å². The third kappa shape index (κ3) is 2.96. The summed E-state index contributed by atoms with van der Waals surface area (Å²) in [6.07, 6.45) is 2.82. The van der Waals surface area contributed by atoms with E-state index in [-0.39, 0.29) is 10.8 Å². The van der Waals surface area contributed by atoms with Crippen molar-refractivity contribution in [1.29, 1.82) is 0 Å². The quantitative estimate of drug-likeness (QED) is 0.692. The van der Waals surface area contributed by atoms with E-state index in [1.807, 2.05) is 24.3 Å². The van der Waals surface area contributed by atoms with E-state index in [1.165, 1.54) is 12.1 Å². The number of fused-ring (bicyclic) bond motifs is 1. The molecule has 0 atom stereocenters. The van der Waals surface area contributed by atoms with Gasteiger partial charge in [0.15, 0.2) is 5.75 Å². The van der Waals surface area contributed by atoms with E-state index in [0.29, 0.717) is 11.3 Å². The van der Waals surface area contributed by atoms with Gasteiger partial charge in [-0.25, -0.2) is 13.4 Å². The number of rotatable bonds is 3. The Bertz CT molecular complexity index is 890. The zero-order chi connectivity index (χ0) is 14.9. The van der Waals surface area contributed by atoms with Gasteiger partial charge in [-0.15, -0.1) is 0 Å². The van der Waals surface area contributed by atoms with Gasteiger partial charge in [-0.05, 0) is 18.2 Å². The molecule has 0 bridgehead atoms. The average molecular weight is 321 g/mol. The molecule has 0 aliphatic carbocycles. The minimum atomic E-state index is -3.79. The number of halogens is 1. The molecule has 0 spiro atoms. The first-order valence-corrected chi connectivity index (χ1v) is 8.27. The maximum absolute atomic E-state index is 11.2. The maximum atomic E-state index is 11.2. The molecule has 106 valence electrons. The van der Waals surface area contributed by atoms with Crippen molar-refractivity contribution in [2.75, 3.05) is 0 Å². The van der Waals surface area contributed by atoms with Gasteiger partial charge in [-0.2, -0.15) is 0 Å². The Kier molecular flexibility index (Phi) is 3.48. The van der Waals surface area contributed by atoms with Crippen molar-refractivity contribution in [2.24, 2.45) is 0 Å². The van der Waals surface area contributed by atoms with Crippen LogP contribution in [0.15, 0.2) is 59.8 Å². The van der Waals surface area contributed by atoms with Gasteiger partial charge < -0.3 is 4.74 Å². The molecule has 2 aromatic heterocycles. The Morgan fingerprint density at radius 1 is 1.00 bits per heavy atom. The van der Waals surface area contributed by atoms with Crippen molar-refractivity contribution < 1.29 is 13.2 Å². The average Bonchev–Trinajstić information content (AvgIpc) is 2.47. The fourth-order valence-electron chi connectivity index (χ4n) is 1.84. The molecular weight excluding hydrogens is 312 g/mol. The van der Waals surface area contributed by atoms with Crippen molar-refractivity contribution >= 4 is 30.6 Å². The van der Waals surface area contributed by atoms with Gasteiger partial charge in [0.2, 0.25) is 5.88 Å². The van der Waals surface area contributed by atoms with Crippen LogP contribution >= 0.6 is 10.7 Å². The highest BCUT2D eigenvalue weighted by molar-refractivity contribution is 8.13. The lowest BCUT2D eigenvalue weighted by atomic mass is 10.2. The monoisotopic (exact) mass is 320 g/mol. The summed E-state index contributed by atoms with van der Waals surface area (Å²) in [5, 5.41) is 0.940. The van der Waals surface area contributed by atoms with Crippen LogP contribution in [0.4, 0.5) is 0 Å². The first-order valence-electron chi connectivity index (χ1n) is 5.96. The first kappa shape index (κ1) is 13.8. The van der Waals surface area contributed by atoms with Gasteiger partial charge >= 0.3 is 0 Å². The van der Waals surface area contributed by atoms with Gasteiger partial charge in [0.25, 0.3) is 9.05 Å². The van der Waals surface area contributed by atoms with Crippen LogP contribution in [0.3, 0.4) is 0 Å². The van der Waals surface area contributed by atoms with Crippen molar-refractivity contribution in [1.82, 2.24) is 9.97 Å². The minimum absolute atomic E-state index is 0.0763. The SMILES string of the molecule is O=S(=O)(Cl)c1ccc(Oc2cccc3cccnc23)nc1. The van der Waals surface area contributed by atoms with Crippen molar-refractivity contribution in [3.05, 3.63) is 54.9 Å². The van der Waals surface area contributed by atoms with Crippen LogP contribution in [-0.2, 0) is 9.05 Å². The molecule has 0 aliphatic rings. The van der Waals surface area contributed by atoms with E-state index < -0.39 is 9.05 Å². The van der Waals surface area contributed by atoms with E-state index in [2.05, 4.69) is 9.97 Å². The molecule has 2 heterocycles. The Labute approximate surface area is 125 Å². The van der Waals surface area contributed by atoms with Crippen LogP contribution in [0.1, 0.15) is 0 Å². The summed E-state index contributed by atoms with van der Waals surface area (Å²) in [5.41, 5.74) is 0.704. The molecule has 0 unspecified atom stereocenters. The number of benzene rings is 1. The van der Waals surface area contributed by atoms with Crippen LogP contribution in [0.2, 0.25) is 0 Å². The smallest absolute Gasteiger partial charge is 0.262 e. The molecule has 1 aromatic carbocycles. The van der Waals surface area contributed by atoms with Crippen molar-refractivity contribution in [3.8, 4) is 11.6 Å². The molecule has 0 saturated carbocycles. The van der Waals surface area contributed by atoms with Crippen molar-refractivity contribution in [2.45, 2.75) is 4.90 Å². The van der Waals surface area contributed by atoms with Crippen molar-refractivity contribution in [3.63, 3.8) is 0 Å². The zero-order valence-electron chi connectivity index (χ0n) is 10.6. The Morgan fingerprint density at radius 3 is 2.52 bits per heavy atom. The summed E-state index contributed by atoms with van der Waals surface area (Å²) in [6.45, 7) is 0. The molecular formula is C14H9ClN2O3S. The molecule has 7 heteroatoms.